The van der Waals surface area contributed by atoms with E-state index in [1.54, 1.807) is 6.92 Å². The Morgan fingerprint density at radius 2 is 1.92 bits per heavy atom. The van der Waals surface area contributed by atoms with Crippen molar-refractivity contribution in [3.63, 3.8) is 0 Å². The zero-order valence-electron chi connectivity index (χ0n) is 15.0. The molecule has 1 aromatic carbocycles. The zero-order chi connectivity index (χ0) is 17.4. The van der Waals surface area contributed by atoms with Gasteiger partial charge in [-0.15, -0.1) is 0 Å². The van der Waals surface area contributed by atoms with Crippen molar-refractivity contribution in [2.45, 2.75) is 46.7 Å². The Morgan fingerprint density at radius 3 is 2.50 bits per heavy atom. The number of benzene rings is 1. The highest BCUT2D eigenvalue weighted by Gasteiger charge is 2.36. The molecule has 128 valence electrons. The topological polar surface area (TPSA) is 62.5 Å². The SMILES string of the molecule is Cc1cc(C)c(N2CCC(N(C)Cc3noc(C)n3)C2=O)c(C)c1. The van der Waals surface area contributed by atoms with Crippen LogP contribution in [0.25, 0.3) is 0 Å². The lowest BCUT2D eigenvalue weighted by atomic mass is 10.0. The smallest absolute Gasteiger partial charge is 0.244 e. The molecule has 0 radical (unpaired) electrons. The zero-order valence-corrected chi connectivity index (χ0v) is 15.0. The lowest BCUT2D eigenvalue weighted by Gasteiger charge is -2.25. The molecule has 1 aliphatic rings. The Balaban J connectivity index is 1.78. The van der Waals surface area contributed by atoms with Crippen LogP contribution in [-0.4, -0.2) is 40.6 Å². The number of anilines is 1. The van der Waals surface area contributed by atoms with Crippen molar-refractivity contribution in [1.29, 1.82) is 0 Å². The van der Waals surface area contributed by atoms with Crippen molar-refractivity contribution in [2.24, 2.45) is 0 Å². The van der Waals surface area contributed by atoms with Crippen LogP contribution in [-0.2, 0) is 11.3 Å². The molecule has 1 amide bonds. The van der Waals surface area contributed by atoms with E-state index in [4.69, 9.17) is 4.52 Å². The number of nitrogens with zero attached hydrogens (tertiary/aromatic N) is 4. The van der Waals surface area contributed by atoms with Gasteiger partial charge >= 0.3 is 0 Å². The van der Waals surface area contributed by atoms with Gasteiger partial charge in [-0.1, -0.05) is 22.9 Å². The van der Waals surface area contributed by atoms with Gasteiger partial charge in [0.2, 0.25) is 11.8 Å². The minimum atomic E-state index is -0.149. The summed E-state index contributed by atoms with van der Waals surface area (Å²) in [5.41, 5.74) is 4.58. The third-order valence-corrected chi connectivity index (χ3v) is 4.58. The van der Waals surface area contributed by atoms with Crippen molar-refractivity contribution in [2.75, 3.05) is 18.5 Å². The number of amides is 1. The maximum Gasteiger partial charge on any atom is 0.244 e. The van der Waals surface area contributed by atoms with Crippen LogP contribution in [0.5, 0.6) is 0 Å². The molecule has 0 bridgehead atoms. The predicted octanol–water partition coefficient (Wildman–Crippen LogP) is 2.54. The molecule has 1 fully saturated rings. The molecule has 0 aliphatic carbocycles. The number of rotatable bonds is 4. The summed E-state index contributed by atoms with van der Waals surface area (Å²) in [5, 5.41) is 3.91. The fourth-order valence-electron chi connectivity index (χ4n) is 3.63. The van der Waals surface area contributed by atoms with Gasteiger partial charge in [0.05, 0.1) is 12.6 Å². The van der Waals surface area contributed by atoms with E-state index >= 15 is 0 Å². The first kappa shape index (κ1) is 16.6. The van der Waals surface area contributed by atoms with E-state index in [2.05, 4.69) is 43.0 Å². The molecule has 3 rings (SSSR count). The maximum absolute atomic E-state index is 13.0. The summed E-state index contributed by atoms with van der Waals surface area (Å²) in [4.78, 5) is 21.1. The van der Waals surface area contributed by atoms with Gasteiger partial charge in [-0.25, -0.2) is 0 Å². The minimum absolute atomic E-state index is 0.146. The van der Waals surface area contributed by atoms with Gasteiger partial charge in [0, 0.05) is 19.2 Å². The number of carbonyl (C=O) groups is 1. The van der Waals surface area contributed by atoms with Crippen LogP contribution in [0, 0.1) is 27.7 Å². The average Bonchev–Trinajstić information content (AvgIpc) is 3.05. The summed E-state index contributed by atoms with van der Waals surface area (Å²) in [7, 11) is 1.94. The number of aryl methyl sites for hydroxylation is 4. The summed E-state index contributed by atoms with van der Waals surface area (Å²) in [6.07, 6.45) is 0.804. The minimum Gasteiger partial charge on any atom is -0.340 e. The molecule has 6 heteroatoms. The fraction of sp³-hybridized carbons (Fsp3) is 0.500. The van der Waals surface area contributed by atoms with Crippen molar-refractivity contribution in [1.82, 2.24) is 15.0 Å². The molecule has 1 saturated heterocycles. The molecular weight excluding hydrogens is 304 g/mol. The monoisotopic (exact) mass is 328 g/mol. The lowest BCUT2D eigenvalue weighted by Crippen LogP contribution is -2.39. The van der Waals surface area contributed by atoms with Crippen LogP contribution in [0.15, 0.2) is 16.7 Å². The van der Waals surface area contributed by atoms with Gasteiger partial charge in [0.1, 0.15) is 0 Å². The number of carbonyl (C=O) groups excluding carboxylic acids is 1. The first-order valence-electron chi connectivity index (χ1n) is 8.25. The Hall–Kier alpha value is -2.21. The van der Waals surface area contributed by atoms with E-state index in [0.717, 1.165) is 29.8 Å². The van der Waals surface area contributed by atoms with Crippen LogP contribution in [0.4, 0.5) is 5.69 Å². The molecule has 1 atom stereocenters. The van der Waals surface area contributed by atoms with Gasteiger partial charge in [-0.3, -0.25) is 9.69 Å². The highest BCUT2D eigenvalue weighted by Crippen LogP contribution is 2.31. The highest BCUT2D eigenvalue weighted by molar-refractivity contribution is 6.00. The molecule has 1 aliphatic heterocycles. The highest BCUT2D eigenvalue weighted by atomic mass is 16.5. The Labute approximate surface area is 142 Å². The number of aromatic nitrogens is 2. The molecule has 0 N–H and O–H groups in total. The Morgan fingerprint density at radius 1 is 1.25 bits per heavy atom. The van der Waals surface area contributed by atoms with Crippen molar-refractivity contribution in [3.8, 4) is 0 Å². The van der Waals surface area contributed by atoms with Crippen molar-refractivity contribution in [3.05, 3.63) is 40.5 Å². The van der Waals surface area contributed by atoms with Crippen molar-refractivity contribution < 1.29 is 9.32 Å². The average molecular weight is 328 g/mol. The third-order valence-electron chi connectivity index (χ3n) is 4.58. The molecule has 6 nitrogen and oxygen atoms in total. The largest absolute Gasteiger partial charge is 0.340 e. The fourth-order valence-corrected chi connectivity index (χ4v) is 3.63. The molecular formula is C18H24N4O2. The second-order valence-corrected chi connectivity index (χ2v) is 6.69. The van der Waals surface area contributed by atoms with Gasteiger partial charge in [-0.2, -0.15) is 4.98 Å². The molecule has 2 aromatic rings. The first-order valence-corrected chi connectivity index (χ1v) is 8.25. The van der Waals surface area contributed by atoms with Crippen LogP contribution < -0.4 is 4.90 Å². The summed E-state index contributed by atoms with van der Waals surface area (Å²) in [5.74, 6) is 1.31. The van der Waals surface area contributed by atoms with E-state index in [9.17, 15) is 4.79 Å². The van der Waals surface area contributed by atoms with E-state index < -0.39 is 0 Å². The number of likely N-dealkylation sites (N-methyl/N-ethyl adjacent to an activating group) is 1. The molecule has 1 aromatic heterocycles. The van der Waals surface area contributed by atoms with E-state index in [-0.39, 0.29) is 11.9 Å². The van der Waals surface area contributed by atoms with Crippen LogP contribution in [0.2, 0.25) is 0 Å². The molecule has 1 unspecified atom stereocenters. The van der Waals surface area contributed by atoms with Crippen LogP contribution in [0.3, 0.4) is 0 Å². The Bertz CT molecular complexity index is 745. The number of hydrogen-bond acceptors (Lipinski definition) is 5. The maximum atomic E-state index is 13.0. The quantitative estimate of drug-likeness (QED) is 0.863. The standard InChI is InChI=1S/C18H24N4O2/c1-11-8-12(2)17(13(3)9-11)22-7-6-15(18(22)23)21(5)10-16-19-14(4)24-20-16/h8-9,15H,6-7,10H2,1-5H3. The van der Waals surface area contributed by atoms with Crippen LogP contribution >= 0.6 is 0 Å². The molecule has 2 heterocycles. The van der Waals surface area contributed by atoms with E-state index in [1.807, 2.05) is 16.8 Å². The van der Waals surface area contributed by atoms with Gasteiger partial charge < -0.3 is 9.42 Å². The van der Waals surface area contributed by atoms with Gasteiger partial charge in [0.25, 0.3) is 0 Å². The molecule has 0 saturated carbocycles. The predicted molar refractivity (Wildman–Crippen MR) is 91.9 cm³/mol. The molecule has 0 spiro atoms. The van der Waals surface area contributed by atoms with E-state index in [0.29, 0.717) is 18.3 Å². The Kier molecular flexibility index (Phi) is 4.41. The second kappa shape index (κ2) is 6.36. The van der Waals surface area contributed by atoms with Gasteiger partial charge in [-0.05, 0) is 45.4 Å². The summed E-state index contributed by atoms with van der Waals surface area (Å²) in [6.45, 7) is 9.24. The number of hydrogen-bond donors (Lipinski definition) is 0. The van der Waals surface area contributed by atoms with Crippen LogP contribution in [0.1, 0.15) is 34.8 Å². The summed E-state index contributed by atoms with van der Waals surface area (Å²) >= 11 is 0. The van der Waals surface area contributed by atoms with Crippen molar-refractivity contribution >= 4 is 11.6 Å². The first-order chi connectivity index (χ1) is 11.4. The normalized spacial score (nSPS) is 18.0. The lowest BCUT2D eigenvalue weighted by molar-refractivity contribution is -0.121. The second-order valence-electron chi connectivity index (χ2n) is 6.69. The van der Waals surface area contributed by atoms with Gasteiger partial charge in [0.15, 0.2) is 5.82 Å². The summed E-state index contributed by atoms with van der Waals surface area (Å²) < 4.78 is 5.00. The van der Waals surface area contributed by atoms with E-state index in [1.165, 1.54) is 5.56 Å². The summed E-state index contributed by atoms with van der Waals surface area (Å²) in [6, 6.07) is 4.12. The third kappa shape index (κ3) is 3.06. The molecule has 24 heavy (non-hydrogen) atoms.